The normalized spacial score (nSPS) is 15.3. The molecule has 0 saturated carbocycles. The Kier molecular flexibility index (Phi) is 7.11. The summed E-state index contributed by atoms with van der Waals surface area (Å²) in [6.45, 7) is 5.12. The molecule has 2 aromatic carbocycles. The summed E-state index contributed by atoms with van der Waals surface area (Å²) in [6, 6.07) is 14.5. The van der Waals surface area contributed by atoms with Crippen molar-refractivity contribution in [2.45, 2.75) is 31.6 Å². The monoisotopic (exact) mass is 485 g/mol. The maximum Gasteiger partial charge on any atom is 0.243 e. The third-order valence-electron chi connectivity index (χ3n) is 5.68. The SMILES string of the molecule is CCOc1ccc(-c2csc(NC(=O)C3CCN(S(=O)(=O)c4ccc(C)cc4)CC3)n2)cc1. The van der Waals surface area contributed by atoms with Crippen LogP contribution in [-0.4, -0.2) is 43.3 Å². The lowest BCUT2D eigenvalue weighted by Crippen LogP contribution is -2.41. The number of amides is 1. The van der Waals surface area contributed by atoms with E-state index < -0.39 is 10.0 Å². The topological polar surface area (TPSA) is 88.6 Å². The first-order chi connectivity index (χ1) is 15.9. The summed E-state index contributed by atoms with van der Waals surface area (Å²) in [5, 5.41) is 5.35. The fraction of sp³-hybridized carbons (Fsp3) is 0.333. The zero-order valence-corrected chi connectivity index (χ0v) is 20.3. The third kappa shape index (κ3) is 5.43. The van der Waals surface area contributed by atoms with E-state index in [1.165, 1.54) is 15.6 Å². The van der Waals surface area contributed by atoms with Crippen molar-refractivity contribution in [2.24, 2.45) is 5.92 Å². The van der Waals surface area contributed by atoms with E-state index >= 15 is 0 Å². The van der Waals surface area contributed by atoms with Crippen molar-refractivity contribution in [1.29, 1.82) is 0 Å². The smallest absolute Gasteiger partial charge is 0.243 e. The highest BCUT2D eigenvalue weighted by molar-refractivity contribution is 7.89. The van der Waals surface area contributed by atoms with Crippen molar-refractivity contribution in [3.8, 4) is 17.0 Å². The fourth-order valence-electron chi connectivity index (χ4n) is 3.78. The van der Waals surface area contributed by atoms with Gasteiger partial charge >= 0.3 is 0 Å². The molecule has 1 aliphatic rings. The summed E-state index contributed by atoms with van der Waals surface area (Å²) in [6.07, 6.45) is 0.960. The lowest BCUT2D eigenvalue weighted by atomic mass is 9.97. The highest BCUT2D eigenvalue weighted by Crippen LogP contribution is 2.29. The minimum atomic E-state index is -3.54. The van der Waals surface area contributed by atoms with Gasteiger partial charge in [0.15, 0.2) is 5.13 Å². The van der Waals surface area contributed by atoms with Crippen LogP contribution in [0.1, 0.15) is 25.3 Å². The second-order valence-corrected chi connectivity index (χ2v) is 10.8. The van der Waals surface area contributed by atoms with Crippen LogP contribution in [0, 0.1) is 12.8 Å². The Bertz CT molecular complexity index is 1200. The van der Waals surface area contributed by atoms with Crippen LogP contribution >= 0.6 is 11.3 Å². The first kappa shape index (κ1) is 23.4. The van der Waals surface area contributed by atoms with E-state index in [-0.39, 0.29) is 11.8 Å². The van der Waals surface area contributed by atoms with E-state index in [2.05, 4.69) is 10.3 Å². The molecule has 7 nitrogen and oxygen atoms in total. The molecule has 1 saturated heterocycles. The maximum atomic E-state index is 12.9. The molecule has 1 amide bonds. The Morgan fingerprint density at radius 3 is 2.42 bits per heavy atom. The fourth-order valence-corrected chi connectivity index (χ4v) is 5.97. The van der Waals surface area contributed by atoms with Crippen LogP contribution in [0.15, 0.2) is 58.8 Å². The summed E-state index contributed by atoms with van der Waals surface area (Å²) in [5.74, 6) is 0.447. The van der Waals surface area contributed by atoms with Gasteiger partial charge in [-0.05, 0) is 63.1 Å². The van der Waals surface area contributed by atoms with E-state index in [4.69, 9.17) is 4.74 Å². The number of hydrogen-bond donors (Lipinski definition) is 1. The number of rotatable bonds is 7. The lowest BCUT2D eigenvalue weighted by molar-refractivity contribution is -0.120. The molecule has 1 aromatic heterocycles. The van der Waals surface area contributed by atoms with E-state index in [1.54, 1.807) is 24.3 Å². The lowest BCUT2D eigenvalue weighted by Gasteiger charge is -2.30. The van der Waals surface area contributed by atoms with Crippen LogP contribution in [0.2, 0.25) is 0 Å². The van der Waals surface area contributed by atoms with Crippen LogP contribution in [0.5, 0.6) is 5.75 Å². The summed E-state index contributed by atoms with van der Waals surface area (Å²) >= 11 is 1.37. The molecule has 0 aliphatic carbocycles. The van der Waals surface area contributed by atoms with E-state index in [0.717, 1.165) is 22.6 Å². The molecule has 4 rings (SSSR count). The molecule has 1 fully saturated rings. The summed E-state index contributed by atoms with van der Waals surface area (Å²) in [5.41, 5.74) is 2.75. The molecule has 0 unspecified atom stereocenters. The van der Waals surface area contributed by atoms with Crippen LogP contribution in [0.4, 0.5) is 5.13 Å². The van der Waals surface area contributed by atoms with Crippen molar-refractivity contribution in [3.05, 3.63) is 59.5 Å². The number of aryl methyl sites for hydroxylation is 1. The molecule has 0 radical (unpaired) electrons. The zero-order valence-electron chi connectivity index (χ0n) is 18.7. The number of carbonyl (C=O) groups excluding carboxylic acids is 1. The molecule has 0 atom stereocenters. The van der Waals surface area contributed by atoms with Gasteiger partial charge in [0.05, 0.1) is 17.2 Å². The molecular formula is C24H27N3O4S2. The summed E-state index contributed by atoms with van der Waals surface area (Å²) < 4.78 is 32.7. The molecule has 1 N–H and O–H groups in total. The number of nitrogens with one attached hydrogen (secondary N) is 1. The first-order valence-electron chi connectivity index (χ1n) is 10.9. The number of thiazole rings is 1. The zero-order chi connectivity index (χ0) is 23.4. The molecule has 1 aliphatic heterocycles. The van der Waals surface area contributed by atoms with Crippen molar-refractivity contribution < 1.29 is 17.9 Å². The molecule has 3 aromatic rings. The number of carbonyl (C=O) groups is 1. The molecule has 174 valence electrons. The van der Waals surface area contributed by atoms with Gasteiger partial charge in [0.2, 0.25) is 15.9 Å². The van der Waals surface area contributed by atoms with Gasteiger partial charge < -0.3 is 10.1 Å². The van der Waals surface area contributed by atoms with Crippen LogP contribution in [0.3, 0.4) is 0 Å². The molecule has 33 heavy (non-hydrogen) atoms. The van der Waals surface area contributed by atoms with Gasteiger partial charge in [0.25, 0.3) is 0 Å². The number of benzene rings is 2. The minimum absolute atomic E-state index is 0.116. The number of piperidine rings is 1. The number of sulfonamides is 1. The predicted molar refractivity (Wildman–Crippen MR) is 130 cm³/mol. The van der Waals surface area contributed by atoms with E-state index in [9.17, 15) is 13.2 Å². The second-order valence-electron chi connectivity index (χ2n) is 7.98. The van der Waals surface area contributed by atoms with Gasteiger partial charge in [-0.1, -0.05) is 17.7 Å². The molecule has 9 heteroatoms. The summed E-state index contributed by atoms with van der Waals surface area (Å²) in [7, 11) is -3.54. The number of hydrogen-bond acceptors (Lipinski definition) is 6. The number of aromatic nitrogens is 1. The predicted octanol–water partition coefficient (Wildman–Crippen LogP) is 4.56. The number of nitrogens with zero attached hydrogens (tertiary/aromatic N) is 2. The Balaban J connectivity index is 1.34. The molecule has 2 heterocycles. The van der Waals surface area contributed by atoms with Gasteiger partial charge in [-0.2, -0.15) is 4.31 Å². The van der Waals surface area contributed by atoms with Gasteiger partial charge in [-0.3, -0.25) is 4.79 Å². The van der Waals surface area contributed by atoms with Crippen LogP contribution in [-0.2, 0) is 14.8 Å². The van der Waals surface area contributed by atoms with Crippen LogP contribution in [0.25, 0.3) is 11.3 Å². The first-order valence-corrected chi connectivity index (χ1v) is 13.2. The van der Waals surface area contributed by atoms with Gasteiger partial charge in [-0.15, -0.1) is 11.3 Å². The minimum Gasteiger partial charge on any atom is -0.494 e. The van der Waals surface area contributed by atoms with Gasteiger partial charge in [-0.25, -0.2) is 13.4 Å². The van der Waals surface area contributed by atoms with Gasteiger partial charge in [0, 0.05) is 30.0 Å². The molecule has 0 bridgehead atoms. The second kappa shape index (κ2) is 10.0. The Labute approximate surface area is 198 Å². The third-order valence-corrected chi connectivity index (χ3v) is 8.35. The summed E-state index contributed by atoms with van der Waals surface area (Å²) in [4.78, 5) is 17.6. The van der Waals surface area contributed by atoms with Crippen molar-refractivity contribution in [2.75, 3.05) is 25.0 Å². The van der Waals surface area contributed by atoms with Crippen LogP contribution < -0.4 is 10.1 Å². The average Bonchev–Trinajstić information content (AvgIpc) is 3.28. The maximum absolute atomic E-state index is 12.9. The van der Waals surface area contributed by atoms with E-state index in [1.807, 2.05) is 43.5 Å². The Morgan fingerprint density at radius 2 is 1.79 bits per heavy atom. The average molecular weight is 486 g/mol. The number of ether oxygens (including phenoxy) is 1. The van der Waals surface area contributed by atoms with Crippen molar-refractivity contribution >= 4 is 32.4 Å². The quantitative estimate of drug-likeness (QED) is 0.530. The largest absolute Gasteiger partial charge is 0.494 e. The highest BCUT2D eigenvalue weighted by atomic mass is 32.2. The van der Waals surface area contributed by atoms with E-state index in [0.29, 0.717) is 42.6 Å². The van der Waals surface area contributed by atoms with Gasteiger partial charge in [0.1, 0.15) is 5.75 Å². The Hall–Kier alpha value is -2.75. The standard InChI is InChI=1S/C24H27N3O4S2/c1-3-31-20-8-6-18(7-9-20)22-16-32-24(25-22)26-23(28)19-12-14-27(15-13-19)33(29,30)21-10-4-17(2)5-11-21/h4-11,16,19H,3,12-15H2,1-2H3,(H,25,26,28). The van der Waals surface area contributed by atoms with Crippen molar-refractivity contribution in [1.82, 2.24) is 9.29 Å². The molecule has 0 spiro atoms. The molecular weight excluding hydrogens is 458 g/mol. The van der Waals surface area contributed by atoms with Crippen molar-refractivity contribution in [3.63, 3.8) is 0 Å². The highest BCUT2D eigenvalue weighted by Gasteiger charge is 2.32. The Morgan fingerprint density at radius 1 is 1.12 bits per heavy atom. The number of anilines is 1.